The average molecular weight is 333 g/mol. The van der Waals surface area contributed by atoms with Gasteiger partial charge in [0.1, 0.15) is 0 Å². The van der Waals surface area contributed by atoms with E-state index in [-0.39, 0.29) is 12.0 Å². The molecule has 1 heterocycles. The predicted molar refractivity (Wildman–Crippen MR) is 94.1 cm³/mol. The zero-order chi connectivity index (χ0) is 17.4. The Morgan fingerprint density at radius 2 is 1.92 bits per heavy atom. The maximum Gasteiger partial charge on any atom is 0.409 e. The third-order valence-electron chi connectivity index (χ3n) is 4.31. The van der Waals surface area contributed by atoms with Crippen LogP contribution < -0.4 is 10.2 Å². The summed E-state index contributed by atoms with van der Waals surface area (Å²) in [6.07, 6.45) is 2.02. The van der Waals surface area contributed by atoms with E-state index in [9.17, 15) is 9.59 Å². The Morgan fingerprint density at radius 1 is 1.25 bits per heavy atom. The highest BCUT2D eigenvalue weighted by molar-refractivity contribution is 5.92. The summed E-state index contributed by atoms with van der Waals surface area (Å²) >= 11 is 0. The third kappa shape index (κ3) is 5.23. The van der Waals surface area contributed by atoms with E-state index < -0.39 is 0 Å². The minimum atomic E-state index is -0.226. The van der Waals surface area contributed by atoms with Crippen molar-refractivity contribution >= 4 is 17.7 Å². The number of amides is 2. The smallest absolute Gasteiger partial charge is 0.409 e. The lowest BCUT2D eigenvalue weighted by atomic mass is 10.1. The number of hydrogen-bond donors (Lipinski definition) is 1. The molecule has 0 atom stereocenters. The Hall–Kier alpha value is -2.08. The van der Waals surface area contributed by atoms with Crippen molar-refractivity contribution in [1.29, 1.82) is 0 Å². The Morgan fingerprint density at radius 3 is 2.54 bits per heavy atom. The van der Waals surface area contributed by atoms with Crippen molar-refractivity contribution in [2.45, 2.75) is 32.2 Å². The summed E-state index contributed by atoms with van der Waals surface area (Å²) in [5.74, 6) is 0.0951. The molecule has 24 heavy (non-hydrogen) atoms. The number of para-hydroxylation sites is 1. The molecule has 132 valence electrons. The molecule has 6 nitrogen and oxygen atoms in total. The Balaban J connectivity index is 1.66. The van der Waals surface area contributed by atoms with Gasteiger partial charge in [-0.3, -0.25) is 4.79 Å². The van der Waals surface area contributed by atoms with E-state index >= 15 is 0 Å². The van der Waals surface area contributed by atoms with Crippen molar-refractivity contribution in [3.8, 4) is 0 Å². The first-order chi connectivity index (χ1) is 11.6. The SMILES string of the molecule is CCOC(=O)N1CCC(NCCC(=O)N(C)c2ccccc2)CC1. The Bertz CT molecular complexity index is 528. The molecule has 1 saturated heterocycles. The molecular weight excluding hydrogens is 306 g/mol. The number of carbonyl (C=O) groups is 2. The number of rotatable bonds is 6. The summed E-state index contributed by atoms with van der Waals surface area (Å²) in [5.41, 5.74) is 0.908. The molecule has 0 bridgehead atoms. The van der Waals surface area contributed by atoms with Crippen LogP contribution in [0.5, 0.6) is 0 Å². The summed E-state index contributed by atoms with van der Waals surface area (Å²) in [6.45, 7) is 4.28. The van der Waals surface area contributed by atoms with Gasteiger partial charge in [0.15, 0.2) is 0 Å². The van der Waals surface area contributed by atoms with Gasteiger partial charge in [0.05, 0.1) is 6.61 Å². The normalized spacial score (nSPS) is 15.2. The molecule has 0 spiro atoms. The minimum Gasteiger partial charge on any atom is -0.450 e. The number of piperidine rings is 1. The standard InChI is InChI=1S/C18H27N3O3/c1-3-24-18(23)21-13-10-15(11-14-21)19-12-9-17(22)20(2)16-7-5-4-6-8-16/h4-8,15,19H,3,9-14H2,1-2H3. The maximum absolute atomic E-state index is 12.2. The van der Waals surface area contributed by atoms with Gasteiger partial charge >= 0.3 is 6.09 Å². The highest BCUT2D eigenvalue weighted by Gasteiger charge is 2.23. The van der Waals surface area contributed by atoms with E-state index in [1.54, 1.807) is 16.8 Å². The molecule has 1 aliphatic heterocycles. The molecule has 1 N–H and O–H groups in total. The molecule has 0 saturated carbocycles. The number of carbonyl (C=O) groups excluding carboxylic acids is 2. The summed E-state index contributed by atoms with van der Waals surface area (Å²) in [7, 11) is 1.80. The Kier molecular flexibility index (Phi) is 7.06. The molecule has 2 amide bonds. The molecular formula is C18H27N3O3. The van der Waals surface area contributed by atoms with Crippen LogP contribution in [0, 0.1) is 0 Å². The van der Waals surface area contributed by atoms with E-state index in [0.717, 1.165) is 18.5 Å². The van der Waals surface area contributed by atoms with Gasteiger partial charge in [0.25, 0.3) is 0 Å². The Labute approximate surface area is 143 Å². The second-order valence-corrected chi connectivity index (χ2v) is 5.95. The number of hydrogen-bond acceptors (Lipinski definition) is 4. The van der Waals surface area contributed by atoms with Crippen molar-refractivity contribution in [3.05, 3.63) is 30.3 Å². The van der Waals surface area contributed by atoms with Gasteiger partial charge in [-0.05, 0) is 31.9 Å². The average Bonchev–Trinajstić information content (AvgIpc) is 2.62. The quantitative estimate of drug-likeness (QED) is 0.867. The van der Waals surface area contributed by atoms with Crippen molar-refractivity contribution in [1.82, 2.24) is 10.2 Å². The van der Waals surface area contributed by atoms with Gasteiger partial charge in [-0.2, -0.15) is 0 Å². The fourth-order valence-electron chi connectivity index (χ4n) is 2.83. The van der Waals surface area contributed by atoms with Crippen LogP contribution >= 0.6 is 0 Å². The molecule has 1 aromatic carbocycles. The predicted octanol–water partition coefficient (Wildman–Crippen LogP) is 2.25. The monoisotopic (exact) mass is 333 g/mol. The van der Waals surface area contributed by atoms with Crippen LogP contribution in [0.15, 0.2) is 30.3 Å². The van der Waals surface area contributed by atoms with Crippen LogP contribution in [0.2, 0.25) is 0 Å². The number of benzene rings is 1. The lowest BCUT2D eigenvalue weighted by molar-refractivity contribution is -0.118. The van der Waals surface area contributed by atoms with Crippen molar-refractivity contribution in [2.75, 3.05) is 38.2 Å². The summed E-state index contributed by atoms with van der Waals surface area (Å²) in [5, 5.41) is 3.42. The number of nitrogens with one attached hydrogen (secondary N) is 1. The number of likely N-dealkylation sites (tertiary alicyclic amines) is 1. The fourth-order valence-corrected chi connectivity index (χ4v) is 2.83. The summed E-state index contributed by atoms with van der Waals surface area (Å²) in [4.78, 5) is 27.3. The fraction of sp³-hybridized carbons (Fsp3) is 0.556. The molecule has 0 unspecified atom stereocenters. The molecule has 2 rings (SSSR count). The van der Waals surface area contributed by atoms with Crippen LogP contribution in [0.4, 0.5) is 10.5 Å². The molecule has 0 radical (unpaired) electrons. The first-order valence-corrected chi connectivity index (χ1v) is 8.58. The molecule has 6 heteroatoms. The van der Waals surface area contributed by atoms with Crippen LogP contribution in [-0.4, -0.2) is 56.2 Å². The van der Waals surface area contributed by atoms with Crippen molar-refractivity contribution < 1.29 is 14.3 Å². The molecule has 0 aromatic heterocycles. The first-order valence-electron chi connectivity index (χ1n) is 8.58. The van der Waals surface area contributed by atoms with Crippen LogP contribution in [0.3, 0.4) is 0 Å². The maximum atomic E-state index is 12.2. The van der Waals surface area contributed by atoms with Gasteiger partial charge in [-0.15, -0.1) is 0 Å². The summed E-state index contributed by atoms with van der Waals surface area (Å²) < 4.78 is 5.01. The largest absolute Gasteiger partial charge is 0.450 e. The van der Waals surface area contributed by atoms with E-state index in [1.165, 1.54) is 0 Å². The summed E-state index contributed by atoms with van der Waals surface area (Å²) in [6, 6.07) is 9.99. The molecule has 1 aliphatic rings. The van der Waals surface area contributed by atoms with E-state index in [0.29, 0.717) is 38.7 Å². The van der Waals surface area contributed by atoms with Crippen molar-refractivity contribution in [2.24, 2.45) is 0 Å². The van der Waals surface area contributed by atoms with E-state index in [4.69, 9.17) is 4.74 Å². The van der Waals surface area contributed by atoms with Gasteiger partial charge < -0.3 is 19.9 Å². The second kappa shape index (κ2) is 9.27. The van der Waals surface area contributed by atoms with Gasteiger partial charge in [-0.25, -0.2) is 4.79 Å². The number of nitrogens with zero attached hydrogens (tertiary/aromatic N) is 2. The van der Waals surface area contributed by atoms with E-state index in [2.05, 4.69) is 5.32 Å². The van der Waals surface area contributed by atoms with Gasteiger partial charge in [0, 0.05) is 44.8 Å². The third-order valence-corrected chi connectivity index (χ3v) is 4.31. The van der Waals surface area contributed by atoms with Crippen molar-refractivity contribution in [3.63, 3.8) is 0 Å². The lowest BCUT2D eigenvalue weighted by Crippen LogP contribution is -2.45. The lowest BCUT2D eigenvalue weighted by Gasteiger charge is -2.31. The van der Waals surface area contributed by atoms with Crippen LogP contribution in [0.25, 0.3) is 0 Å². The number of ether oxygens (including phenoxy) is 1. The zero-order valence-corrected chi connectivity index (χ0v) is 14.5. The minimum absolute atomic E-state index is 0.0951. The zero-order valence-electron chi connectivity index (χ0n) is 14.5. The van der Waals surface area contributed by atoms with Gasteiger partial charge in [0.2, 0.25) is 5.91 Å². The molecule has 1 fully saturated rings. The molecule has 1 aromatic rings. The van der Waals surface area contributed by atoms with Crippen LogP contribution in [0.1, 0.15) is 26.2 Å². The highest BCUT2D eigenvalue weighted by Crippen LogP contribution is 2.13. The number of anilines is 1. The first kappa shape index (κ1) is 18.3. The highest BCUT2D eigenvalue weighted by atomic mass is 16.6. The second-order valence-electron chi connectivity index (χ2n) is 5.95. The van der Waals surface area contributed by atoms with Gasteiger partial charge in [-0.1, -0.05) is 18.2 Å². The van der Waals surface area contributed by atoms with E-state index in [1.807, 2.05) is 37.3 Å². The topological polar surface area (TPSA) is 61.9 Å². The van der Waals surface area contributed by atoms with Crippen LogP contribution in [-0.2, 0) is 9.53 Å². The molecule has 0 aliphatic carbocycles.